The summed E-state index contributed by atoms with van der Waals surface area (Å²) in [5.74, 6) is 2.04. The topological polar surface area (TPSA) is 80.1 Å². The van der Waals surface area contributed by atoms with Crippen LogP contribution in [-0.4, -0.2) is 44.8 Å². The van der Waals surface area contributed by atoms with Crippen molar-refractivity contribution in [2.24, 2.45) is 9.36 Å². The van der Waals surface area contributed by atoms with Crippen molar-refractivity contribution in [2.75, 3.05) is 12.8 Å². The van der Waals surface area contributed by atoms with Gasteiger partial charge in [-0.1, -0.05) is 25.3 Å². The van der Waals surface area contributed by atoms with Crippen molar-refractivity contribution in [3.8, 4) is 12.3 Å². The molecule has 176 valence electrons. The summed E-state index contributed by atoms with van der Waals surface area (Å²) >= 11 is 0. The largest absolute Gasteiger partial charge is 0.444 e. The minimum absolute atomic E-state index is 0.00786. The molecular weight excluding hydrogens is 429 g/mol. The van der Waals surface area contributed by atoms with Crippen LogP contribution in [0.1, 0.15) is 60.3 Å². The van der Waals surface area contributed by atoms with Crippen molar-refractivity contribution in [1.82, 2.24) is 5.32 Å². The molecule has 1 saturated carbocycles. The summed E-state index contributed by atoms with van der Waals surface area (Å²) in [6, 6.07) is 0. The lowest BCUT2D eigenvalue weighted by Crippen LogP contribution is -2.60. The molecule has 0 bridgehead atoms. The Morgan fingerprint density at radius 3 is 2.47 bits per heavy atom. The van der Waals surface area contributed by atoms with Crippen molar-refractivity contribution < 1.29 is 18.1 Å². The zero-order valence-corrected chi connectivity index (χ0v) is 20.7. The van der Waals surface area contributed by atoms with Gasteiger partial charge in [0.05, 0.1) is 21.0 Å². The molecule has 6 nitrogen and oxygen atoms in total. The second kappa shape index (κ2) is 9.22. The number of aliphatic imine (C=N–C) groups is 1. The fourth-order valence-electron chi connectivity index (χ4n) is 4.09. The summed E-state index contributed by atoms with van der Waals surface area (Å²) in [4.78, 5) is 17.4. The fourth-order valence-corrected chi connectivity index (χ4v) is 7.17. The van der Waals surface area contributed by atoms with Crippen molar-refractivity contribution in [2.45, 2.75) is 76.2 Å². The number of alkyl carbamates (subject to hydrolysis) is 1. The molecule has 8 heteroatoms. The second-order valence-electron chi connectivity index (χ2n) is 9.52. The molecule has 0 unspecified atom stereocenters. The maximum atomic E-state index is 15.0. The van der Waals surface area contributed by atoms with E-state index in [4.69, 9.17) is 16.2 Å². The molecule has 2 aliphatic rings. The molecule has 1 fully saturated rings. The predicted octanol–water partition coefficient (Wildman–Crippen LogP) is 5.08. The van der Waals surface area contributed by atoms with Gasteiger partial charge in [-0.05, 0) is 65.2 Å². The summed E-state index contributed by atoms with van der Waals surface area (Å²) in [7, 11) is -1.40. The van der Waals surface area contributed by atoms with Gasteiger partial charge in [-0.15, -0.1) is 6.42 Å². The summed E-state index contributed by atoms with van der Waals surface area (Å²) in [6.07, 6.45) is 10.1. The summed E-state index contributed by atoms with van der Waals surface area (Å²) in [5.41, 5.74) is -1.39. The molecule has 2 rings (SSSR count). The van der Waals surface area contributed by atoms with Gasteiger partial charge in [0.1, 0.15) is 22.0 Å². The van der Waals surface area contributed by atoms with Gasteiger partial charge in [0.25, 0.3) is 0 Å². The van der Waals surface area contributed by atoms with E-state index in [1.165, 1.54) is 19.2 Å². The second-order valence-corrected chi connectivity index (χ2v) is 12.2. The lowest BCUT2D eigenvalue weighted by atomic mass is 9.92. The van der Waals surface area contributed by atoms with Crippen LogP contribution in [0.25, 0.3) is 0 Å². The Labute approximate surface area is 191 Å². The molecule has 1 N–H and O–H groups in total. The molecule has 32 heavy (non-hydrogen) atoms. The number of carbonyl (C=O) groups is 1. The van der Waals surface area contributed by atoms with E-state index in [1.807, 2.05) is 0 Å². The molecule has 1 heterocycles. The minimum Gasteiger partial charge on any atom is -0.444 e. The third-order valence-electron chi connectivity index (χ3n) is 5.85. The van der Waals surface area contributed by atoms with Crippen LogP contribution in [0.3, 0.4) is 0 Å². The Balaban J connectivity index is 2.60. The molecule has 2 atom stereocenters. The highest BCUT2D eigenvalue weighted by Crippen LogP contribution is 2.46. The molecule has 0 aromatic carbocycles. The first-order chi connectivity index (χ1) is 14.7. The van der Waals surface area contributed by atoms with Gasteiger partial charge in [0.2, 0.25) is 0 Å². The van der Waals surface area contributed by atoms with Crippen LogP contribution in [0, 0.1) is 12.3 Å². The van der Waals surface area contributed by atoms with Gasteiger partial charge in [0.15, 0.2) is 0 Å². The van der Waals surface area contributed by atoms with Crippen LogP contribution in [0.5, 0.6) is 0 Å². The Hall–Kier alpha value is -2.40. The maximum Gasteiger partial charge on any atom is 0.413 e. The number of rotatable bonds is 3. The Morgan fingerprint density at radius 2 is 1.97 bits per heavy atom. The third kappa shape index (κ3) is 5.15. The number of nitrogens with one attached hydrogen (secondary N) is 1. The summed E-state index contributed by atoms with van der Waals surface area (Å²) < 4.78 is 38.0. The van der Waals surface area contributed by atoms with Crippen LogP contribution in [0.15, 0.2) is 45.1 Å². The molecule has 0 aromatic rings. The SMILES string of the molecule is C#C/C(C)=C/C=C(/F)C(=C)[C@]1(C)C[S@@](=O)(=NC)C2(CCCC2)C(NC(=O)OC(C)(C)C)=N1. The number of hydrogen-bond donors (Lipinski definition) is 1. The number of amidine groups is 1. The monoisotopic (exact) mass is 463 g/mol. The highest BCUT2D eigenvalue weighted by molar-refractivity contribution is 7.96. The number of allylic oxidation sites excluding steroid dienone is 3. The number of halogens is 1. The van der Waals surface area contributed by atoms with Gasteiger partial charge in [-0.25, -0.2) is 17.8 Å². The predicted molar refractivity (Wildman–Crippen MR) is 129 cm³/mol. The Kier molecular flexibility index (Phi) is 7.45. The van der Waals surface area contributed by atoms with Crippen LogP contribution < -0.4 is 5.32 Å². The van der Waals surface area contributed by atoms with Crippen molar-refractivity contribution >= 4 is 21.7 Å². The molecule has 0 radical (unpaired) electrons. The van der Waals surface area contributed by atoms with Crippen molar-refractivity contribution in [1.29, 1.82) is 0 Å². The minimum atomic E-state index is -2.91. The number of hydrogen-bond acceptors (Lipinski definition) is 5. The molecule has 1 aliphatic heterocycles. The van der Waals surface area contributed by atoms with Crippen molar-refractivity contribution in [3.05, 3.63) is 35.7 Å². The lowest BCUT2D eigenvalue weighted by Gasteiger charge is -2.43. The molecule has 1 spiro atoms. The highest BCUT2D eigenvalue weighted by atomic mass is 32.2. The maximum absolute atomic E-state index is 15.0. The van der Waals surface area contributed by atoms with E-state index in [1.54, 1.807) is 34.6 Å². The average Bonchev–Trinajstić information content (AvgIpc) is 3.19. The molecule has 0 saturated heterocycles. The van der Waals surface area contributed by atoms with Crippen LogP contribution in [0.4, 0.5) is 9.18 Å². The van der Waals surface area contributed by atoms with Gasteiger partial charge in [0, 0.05) is 12.6 Å². The number of carbonyl (C=O) groups excluding carboxylic acids is 1. The first kappa shape index (κ1) is 25.9. The highest BCUT2D eigenvalue weighted by Gasteiger charge is 2.55. The van der Waals surface area contributed by atoms with E-state index < -0.39 is 37.5 Å². The summed E-state index contributed by atoms with van der Waals surface area (Å²) in [6.45, 7) is 12.5. The fraction of sp³-hybridized carbons (Fsp3) is 0.583. The number of ether oxygens (including phenoxy) is 1. The number of amides is 1. The van der Waals surface area contributed by atoms with Crippen LogP contribution in [0.2, 0.25) is 0 Å². The number of terminal acetylenes is 1. The van der Waals surface area contributed by atoms with E-state index in [2.05, 4.69) is 22.2 Å². The zero-order valence-electron chi connectivity index (χ0n) is 19.9. The van der Waals surface area contributed by atoms with E-state index >= 15 is 4.39 Å². The average molecular weight is 464 g/mol. The third-order valence-corrected chi connectivity index (χ3v) is 9.21. The quantitative estimate of drug-likeness (QED) is 0.468. The zero-order chi connectivity index (χ0) is 24.4. The molecular formula is C24H34FN3O3S. The molecule has 0 aromatic heterocycles. The van der Waals surface area contributed by atoms with E-state index in [9.17, 15) is 9.00 Å². The van der Waals surface area contributed by atoms with Gasteiger partial charge in [-0.3, -0.25) is 10.3 Å². The number of nitrogens with zero attached hydrogens (tertiary/aromatic N) is 2. The van der Waals surface area contributed by atoms with E-state index in [0.717, 1.165) is 12.8 Å². The molecule has 1 aliphatic carbocycles. The van der Waals surface area contributed by atoms with Gasteiger partial charge < -0.3 is 4.74 Å². The standard InChI is InChI=1S/C24H34FN3O3S/c1-9-17(2)12-13-19(25)18(3)23(7)16-32(30,26-8)24(14-10-11-15-24)20(28-23)27-21(29)31-22(4,5)6/h1,12-13H,3,10-11,14-16H2,2,4-8H3,(H,27,28,29)/b17-12+,19-13+/t23-,32-/m0/s1. The van der Waals surface area contributed by atoms with Gasteiger partial charge in [-0.2, -0.15) is 0 Å². The molecule has 1 amide bonds. The Morgan fingerprint density at radius 1 is 1.38 bits per heavy atom. The first-order valence-corrected chi connectivity index (χ1v) is 12.3. The van der Waals surface area contributed by atoms with Crippen LogP contribution >= 0.6 is 0 Å². The van der Waals surface area contributed by atoms with Gasteiger partial charge >= 0.3 is 6.09 Å². The van der Waals surface area contributed by atoms with E-state index in [0.29, 0.717) is 18.4 Å². The Bertz CT molecular complexity index is 1040. The normalized spacial score (nSPS) is 28.0. The van der Waals surface area contributed by atoms with Crippen molar-refractivity contribution in [3.63, 3.8) is 0 Å². The lowest BCUT2D eigenvalue weighted by molar-refractivity contribution is 0.0560. The van der Waals surface area contributed by atoms with Crippen LogP contribution in [-0.2, 0) is 14.5 Å². The smallest absolute Gasteiger partial charge is 0.413 e. The van der Waals surface area contributed by atoms with E-state index in [-0.39, 0.29) is 17.2 Å². The first-order valence-electron chi connectivity index (χ1n) is 10.7. The summed E-state index contributed by atoms with van der Waals surface area (Å²) in [5, 5.41) is 2.73.